The van der Waals surface area contributed by atoms with E-state index in [1.165, 1.54) is 5.56 Å². The second-order valence-electron chi connectivity index (χ2n) is 6.63. The number of likely N-dealkylation sites (N-methyl/N-ethyl adjacent to an activating group) is 1. The number of aryl methyl sites for hydroxylation is 1. The van der Waals surface area contributed by atoms with E-state index in [9.17, 15) is 4.79 Å². The van der Waals surface area contributed by atoms with Crippen LogP contribution in [-0.2, 0) is 13.0 Å². The zero-order chi connectivity index (χ0) is 18.5. The Bertz CT molecular complexity index is 917. The van der Waals surface area contributed by atoms with Crippen LogP contribution in [0.4, 0.5) is 0 Å². The topological polar surface area (TPSA) is 61.9 Å². The first-order valence-electron chi connectivity index (χ1n) is 8.78. The van der Waals surface area contributed by atoms with E-state index >= 15 is 0 Å². The molecule has 134 valence electrons. The molecule has 1 aromatic carbocycles. The van der Waals surface area contributed by atoms with E-state index in [1.54, 1.807) is 6.92 Å². The molecule has 0 aliphatic heterocycles. The van der Waals surface area contributed by atoms with E-state index in [0.29, 0.717) is 11.4 Å². The molecule has 0 atom stereocenters. The Balaban J connectivity index is 1.63. The van der Waals surface area contributed by atoms with Crippen molar-refractivity contribution < 1.29 is 0 Å². The quantitative estimate of drug-likeness (QED) is 0.743. The number of pyridine rings is 1. The lowest BCUT2D eigenvalue weighted by molar-refractivity contribution is 0.330. The highest BCUT2D eigenvalue weighted by atomic mass is 16.1. The number of aromatic nitrogens is 3. The third-order valence-electron chi connectivity index (χ3n) is 4.55. The zero-order valence-electron chi connectivity index (χ0n) is 15.5. The number of nitrogens with one attached hydrogen (secondary N) is 1. The maximum atomic E-state index is 11.9. The van der Waals surface area contributed by atoms with E-state index in [1.807, 2.05) is 37.4 Å². The van der Waals surface area contributed by atoms with Gasteiger partial charge in [0.1, 0.15) is 5.82 Å². The molecule has 0 aliphatic carbocycles. The van der Waals surface area contributed by atoms with Gasteiger partial charge in [-0.1, -0.05) is 30.3 Å². The van der Waals surface area contributed by atoms with E-state index < -0.39 is 0 Å². The van der Waals surface area contributed by atoms with Gasteiger partial charge in [0.15, 0.2) is 0 Å². The molecule has 3 aromatic rings. The Morgan fingerprint density at radius 3 is 2.50 bits per heavy atom. The highest BCUT2D eigenvalue weighted by Gasteiger charge is 2.07. The predicted molar refractivity (Wildman–Crippen MR) is 104 cm³/mol. The van der Waals surface area contributed by atoms with Crippen molar-refractivity contribution in [3.8, 4) is 11.4 Å². The molecule has 2 aromatic heterocycles. The molecule has 5 heteroatoms. The Morgan fingerprint density at radius 2 is 1.85 bits per heavy atom. The molecule has 0 saturated carbocycles. The van der Waals surface area contributed by atoms with E-state index in [2.05, 4.69) is 45.1 Å². The Kier molecular flexibility index (Phi) is 5.58. The van der Waals surface area contributed by atoms with Gasteiger partial charge in [-0.15, -0.1) is 0 Å². The van der Waals surface area contributed by atoms with Crippen LogP contribution in [0.2, 0.25) is 0 Å². The monoisotopic (exact) mass is 348 g/mol. The minimum absolute atomic E-state index is 0.0779. The van der Waals surface area contributed by atoms with Gasteiger partial charge in [0.25, 0.3) is 5.56 Å². The average molecular weight is 348 g/mol. The second-order valence-corrected chi connectivity index (χ2v) is 6.63. The summed E-state index contributed by atoms with van der Waals surface area (Å²) in [7, 11) is 2.11. The van der Waals surface area contributed by atoms with Crippen LogP contribution in [0.15, 0.2) is 53.5 Å². The van der Waals surface area contributed by atoms with Gasteiger partial charge >= 0.3 is 0 Å². The number of hydrogen-bond donors (Lipinski definition) is 1. The van der Waals surface area contributed by atoms with Crippen molar-refractivity contribution in [2.24, 2.45) is 0 Å². The summed E-state index contributed by atoms with van der Waals surface area (Å²) >= 11 is 0. The van der Waals surface area contributed by atoms with Crippen LogP contribution in [0.1, 0.15) is 22.5 Å². The minimum atomic E-state index is -0.0779. The zero-order valence-corrected chi connectivity index (χ0v) is 15.5. The molecule has 1 N–H and O–H groups in total. The fourth-order valence-electron chi connectivity index (χ4n) is 2.79. The van der Waals surface area contributed by atoms with Crippen LogP contribution in [0.25, 0.3) is 11.4 Å². The summed E-state index contributed by atoms with van der Waals surface area (Å²) in [5, 5.41) is 0. The van der Waals surface area contributed by atoms with Gasteiger partial charge in [-0.25, -0.2) is 4.98 Å². The molecular formula is C21H24N4O. The first kappa shape index (κ1) is 18.0. The molecule has 0 aliphatic rings. The molecule has 0 saturated heterocycles. The van der Waals surface area contributed by atoms with Crippen LogP contribution in [-0.4, -0.2) is 33.4 Å². The van der Waals surface area contributed by atoms with E-state index in [-0.39, 0.29) is 5.56 Å². The summed E-state index contributed by atoms with van der Waals surface area (Å²) in [5.74, 6) is 0.619. The van der Waals surface area contributed by atoms with Crippen molar-refractivity contribution in [1.82, 2.24) is 19.9 Å². The fraction of sp³-hybridized carbons (Fsp3) is 0.286. The van der Waals surface area contributed by atoms with Gasteiger partial charge in [0.05, 0.1) is 0 Å². The van der Waals surface area contributed by atoms with Gasteiger partial charge in [-0.3, -0.25) is 9.78 Å². The van der Waals surface area contributed by atoms with Gasteiger partial charge in [0.2, 0.25) is 0 Å². The minimum Gasteiger partial charge on any atom is -0.306 e. The lowest BCUT2D eigenvalue weighted by Gasteiger charge is -2.16. The summed E-state index contributed by atoms with van der Waals surface area (Å²) in [4.78, 5) is 25.9. The van der Waals surface area contributed by atoms with Crippen LogP contribution in [0, 0.1) is 13.8 Å². The number of hydrogen-bond acceptors (Lipinski definition) is 4. The molecule has 26 heavy (non-hydrogen) atoms. The molecule has 0 bridgehead atoms. The maximum absolute atomic E-state index is 11.9. The molecule has 2 heterocycles. The molecule has 0 unspecified atom stereocenters. The largest absolute Gasteiger partial charge is 0.306 e. The number of benzene rings is 1. The number of nitrogens with zero attached hydrogens (tertiary/aromatic N) is 3. The maximum Gasteiger partial charge on any atom is 0.254 e. The van der Waals surface area contributed by atoms with Crippen molar-refractivity contribution in [1.29, 1.82) is 0 Å². The van der Waals surface area contributed by atoms with Crippen LogP contribution in [0.3, 0.4) is 0 Å². The smallest absolute Gasteiger partial charge is 0.254 e. The highest BCUT2D eigenvalue weighted by Crippen LogP contribution is 2.16. The summed E-state index contributed by atoms with van der Waals surface area (Å²) < 4.78 is 0. The van der Waals surface area contributed by atoms with Crippen LogP contribution >= 0.6 is 0 Å². The van der Waals surface area contributed by atoms with E-state index in [4.69, 9.17) is 0 Å². The molecular weight excluding hydrogens is 324 g/mol. The number of H-pyrrole nitrogens is 1. The Hall–Kier alpha value is -2.79. The molecule has 3 rings (SSSR count). The van der Waals surface area contributed by atoms with Gasteiger partial charge < -0.3 is 9.88 Å². The van der Waals surface area contributed by atoms with Crippen LogP contribution in [0.5, 0.6) is 0 Å². The number of aromatic amines is 1. The predicted octanol–water partition coefficient (Wildman–Crippen LogP) is 3.12. The van der Waals surface area contributed by atoms with Crippen molar-refractivity contribution in [3.63, 3.8) is 0 Å². The Labute approximate surface area is 153 Å². The summed E-state index contributed by atoms with van der Waals surface area (Å²) in [6.45, 7) is 5.46. The highest BCUT2D eigenvalue weighted by molar-refractivity contribution is 5.55. The van der Waals surface area contributed by atoms with Gasteiger partial charge in [0, 0.05) is 48.2 Å². The standard InChI is InChI=1S/C21H24N4O/c1-15-16(2)23-20(24-21(15)26)18-9-7-17(8-10-18)14-25(3)13-11-19-6-4-5-12-22-19/h4-10,12H,11,13-14H2,1-3H3,(H,23,24,26). The second kappa shape index (κ2) is 8.06. The van der Waals surface area contributed by atoms with Crippen molar-refractivity contribution in [2.45, 2.75) is 26.8 Å². The Morgan fingerprint density at radius 1 is 1.08 bits per heavy atom. The normalized spacial score (nSPS) is 11.1. The lowest BCUT2D eigenvalue weighted by atomic mass is 10.1. The third kappa shape index (κ3) is 4.43. The van der Waals surface area contributed by atoms with Crippen LogP contribution < -0.4 is 5.56 Å². The summed E-state index contributed by atoms with van der Waals surface area (Å²) in [5.41, 5.74) is 4.61. The van der Waals surface area contributed by atoms with Gasteiger partial charge in [-0.2, -0.15) is 0 Å². The molecule has 0 fully saturated rings. The van der Waals surface area contributed by atoms with Crippen molar-refractivity contribution in [2.75, 3.05) is 13.6 Å². The van der Waals surface area contributed by atoms with E-state index in [0.717, 1.165) is 36.5 Å². The average Bonchev–Trinajstić information content (AvgIpc) is 2.65. The van der Waals surface area contributed by atoms with Crippen molar-refractivity contribution >= 4 is 0 Å². The first-order valence-corrected chi connectivity index (χ1v) is 8.78. The summed E-state index contributed by atoms with van der Waals surface area (Å²) in [6.07, 6.45) is 2.77. The first-order chi connectivity index (χ1) is 12.5. The third-order valence-corrected chi connectivity index (χ3v) is 4.55. The lowest BCUT2D eigenvalue weighted by Crippen LogP contribution is -2.21. The number of rotatable bonds is 6. The molecule has 0 amide bonds. The fourth-order valence-corrected chi connectivity index (χ4v) is 2.79. The molecule has 0 spiro atoms. The van der Waals surface area contributed by atoms with Gasteiger partial charge in [-0.05, 0) is 38.6 Å². The molecule has 5 nitrogen and oxygen atoms in total. The molecule has 0 radical (unpaired) electrons. The SMILES string of the molecule is Cc1nc(-c2ccc(CN(C)CCc3ccccn3)cc2)[nH]c(=O)c1C. The van der Waals surface area contributed by atoms with Crippen molar-refractivity contribution in [3.05, 3.63) is 81.5 Å². The summed E-state index contributed by atoms with van der Waals surface area (Å²) in [6, 6.07) is 14.2.